The first kappa shape index (κ1) is 15.3. The number of hydrogen-bond donors (Lipinski definition) is 2. The van der Waals surface area contributed by atoms with Crippen LogP contribution in [0.1, 0.15) is 18.5 Å². The van der Waals surface area contributed by atoms with Crippen LogP contribution in [-0.4, -0.2) is 20.5 Å². The van der Waals surface area contributed by atoms with E-state index in [4.69, 9.17) is 10.5 Å². The molecule has 0 amide bonds. The van der Waals surface area contributed by atoms with Gasteiger partial charge in [-0.1, -0.05) is 0 Å². The molecule has 0 aliphatic rings. The van der Waals surface area contributed by atoms with Gasteiger partial charge in [0.25, 0.3) is 0 Å². The van der Waals surface area contributed by atoms with Crippen molar-refractivity contribution in [3.63, 3.8) is 0 Å². The normalized spacial score (nSPS) is 12.9. The molecule has 0 fully saturated rings. The zero-order valence-corrected chi connectivity index (χ0v) is 12.6. The molecule has 0 spiro atoms. The fraction of sp³-hybridized carbons (Fsp3) is 0.214. The molecular formula is C14H17N3O3S. The molecule has 3 N–H and O–H groups in total. The summed E-state index contributed by atoms with van der Waals surface area (Å²) in [5, 5.41) is 0. The number of aromatic nitrogens is 1. The molecule has 1 aromatic carbocycles. The van der Waals surface area contributed by atoms with Crippen LogP contribution >= 0.6 is 0 Å². The van der Waals surface area contributed by atoms with Crippen molar-refractivity contribution in [2.45, 2.75) is 17.9 Å². The maximum absolute atomic E-state index is 12.4. The van der Waals surface area contributed by atoms with E-state index in [0.29, 0.717) is 5.75 Å². The molecule has 0 aliphatic heterocycles. The predicted octanol–water partition coefficient (Wildman–Crippen LogP) is 1.71. The van der Waals surface area contributed by atoms with Crippen molar-refractivity contribution in [2.24, 2.45) is 0 Å². The second-order valence-corrected chi connectivity index (χ2v) is 6.21. The summed E-state index contributed by atoms with van der Waals surface area (Å²) < 4.78 is 32.4. The molecule has 1 aromatic heterocycles. The number of nitrogens with one attached hydrogen (secondary N) is 1. The average Bonchev–Trinajstić information content (AvgIpc) is 2.47. The summed E-state index contributed by atoms with van der Waals surface area (Å²) in [6.07, 6.45) is 3.23. The highest BCUT2D eigenvalue weighted by atomic mass is 32.2. The lowest BCUT2D eigenvalue weighted by Crippen LogP contribution is -2.27. The number of benzene rings is 1. The number of anilines is 1. The van der Waals surface area contributed by atoms with E-state index in [1.165, 1.54) is 19.2 Å². The Balaban J connectivity index is 2.26. The highest BCUT2D eigenvalue weighted by Gasteiger charge is 2.21. The Bertz CT molecular complexity index is 717. The summed E-state index contributed by atoms with van der Waals surface area (Å²) in [4.78, 5) is 3.94. The van der Waals surface area contributed by atoms with Crippen LogP contribution in [0.3, 0.4) is 0 Å². The van der Waals surface area contributed by atoms with Crippen LogP contribution in [0.15, 0.2) is 47.6 Å². The standard InChI is InChI=1S/C14H17N3O3S/c1-10(11-5-7-16-8-6-11)17-21(18,19)14-4-3-12(20-2)9-13(14)15/h3-10,17H,15H2,1-2H3. The molecule has 0 radical (unpaired) electrons. The van der Waals surface area contributed by atoms with Crippen LogP contribution in [0.2, 0.25) is 0 Å². The lowest BCUT2D eigenvalue weighted by atomic mass is 10.1. The number of pyridine rings is 1. The first-order chi connectivity index (χ1) is 9.94. The predicted molar refractivity (Wildman–Crippen MR) is 80.4 cm³/mol. The smallest absolute Gasteiger partial charge is 0.243 e. The van der Waals surface area contributed by atoms with Crippen molar-refractivity contribution in [2.75, 3.05) is 12.8 Å². The van der Waals surface area contributed by atoms with Crippen LogP contribution in [0.4, 0.5) is 5.69 Å². The van der Waals surface area contributed by atoms with Crippen molar-refractivity contribution in [1.82, 2.24) is 9.71 Å². The highest BCUT2D eigenvalue weighted by molar-refractivity contribution is 7.89. The Morgan fingerprint density at radius 2 is 1.90 bits per heavy atom. The fourth-order valence-corrected chi connectivity index (χ4v) is 3.26. The van der Waals surface area contributed by atoms with Gasteiger partial charge in [0.15, 0.2) is 0 Å². The molecule has 21 heavy (non-hydrogen) atoms. The molecule has 1 heterocycles. The maximum atomic E-state index is 12.4. The van der Waals surface area contributed by atoms with Crippen LogP contribution in [0.25, 0.3) is 0 Å². The van der Waals surface area contributed by atoms with E-state index < -0.39 is 10.0 Å². The summed E-state index contributed by atoms with van der Waals surface area (Å²) in [5.41, 5.74) is 6.75. The van der Waals surface area contributed by atoms with Crippen LogP contribution in [0.5, 0.6) is 5.75 Å². The van der Waals surface area contributed by atoms with Gasteiger partial charge in [0.1, 0.15) is 10.6 Å². The molecular weight excluding hydrogens is 290 g/mol. The molecule has 2 aromatic rings. The number of methoxy groups -OCH3 is 1. The third kappa shape index (κ3) is 3.50. The Morgan fingerprint density at radius 1 is 1.24 bits per heavy atom. The number of sulfonamides is 1. The third-order valence-corrected chi connectivity index (χ3v) is 4.66. The van der Waals surface area contributed by atoms with Crippen molar-refractivity contribution >= 4 is 15.7 Å². The highest BCUT2D eigenvalue weighted by Crippen LogP contribution is 2.25. The Kier molecular flexibility index (Phi) is 4.44. The van der Waals surface area contributed by atoms with Gasteiger partial charge in [0.05, 0.1) is 12.8 Å². The van der Waals surface area contributed by atoms with Gasteiger partial charge < -0.3 is 10.5 Å². The Labute approximate surface area is 124 Å². The van der Waals surface area contributed by atoms with E-state index in [1.807, 2.05) is 0 Å². The monoisotopic (exact) mass is 307 g/mol. The number of ether oxygens (including phenoxy) is 1. The summed E-state index contributed by atoms with van der Waals surface area (Å²) in [7, 11) is -2.22. The van der Waals surface area contributed by atoms with Crippen LogP contribution < -0.4 is 15.2 Å². The number of nitrogens with two attached hydrogens (primary N) is 1. The van der Waals surface area contributed by atoms with Crippen molar-refractivity contribution < 1.29 is 13.2 Å². The largest absolute Gasteiger partial charge is 0.497 e. The number of rotatable bonds is 5. The summed E-state index contributed by atoms with van der Waals surface area (Å²) >= 11 is 0. The van der Waals surface area contributed by atoms with Gasteiger partial charge in [-0.25, -0.2) is 13.1 Å². The van der Waals surface area contributed by atoms with Gasteiger partial charge in [-0.15, -0.1) is 0 Å². The minimum Gasteiger partial charge on any atom is -0.497 e. The van der Waals surface area contributed by atoms with E-state index in [0.717, 1.165) is 5.56 Å². The SMILES string of the molecule is COc1ccc(S(=O)(=O)NC(C)c2ccncc2)c(N)c1. The zero-order chi connectivity index (χ0) is 15.5. The lowest BCUT2D eigenvalue weighted by molar-refractivity contribution is 0.414. The number of nitrogen functional groups attached to an aromatic ring is 1. The van der Waals surface area contributed by atoms with Gasteiger partial charge in [-0.3, -0.25) is 4.98 Å². The summed E-state index contributed by atoms with van der Waals surface area (Å²) in [6.45, 7) is 1.76. The quantitative estimate of drug-likeness (QED) is 0.820. The molecule has 0 aliphatic carbocycles. The van der Waals surface area contributed by atoms with E-state index in [1.54, 1.807) is 37.5 Å². The molecule has 0 bridgehead atoms. The molecule has 7 heteroatoms. The minimum atomic E-state index is -3.71. The maximum Gasteiger partial charge on any atom is 0.243 e. The summed E-state index contributed by atoms with van der Waals surface area (Å²) in [5.74, 6) is 0.508. The van der Waals surface area contributed by atoms with E-state index in [2.05, 4.69) is 9.71 Å². The van der Waals surface area contributed by atoms with Gasteiger partial charge >= 0.3 is 0 Å². The van der Waals surface area contributed by atoms with Gasteiger partial charge in [0.2, 0.25) is 10.0 Å². The Hall–Kier alpha value is -2.12. The van der Waals surface area contributed by atoms with E-state index in [-0.39, 0.29) is 16.6 Å². The number of hydrogen-bond acceptors (Lipinski definition) is 5. The molecule has 1 unspecified atom stereocenters. The topological polar surface area (TPSA) is 94.3 Å². The van der Waals surface area contributed by atoms with Crippen molar-refractivity contribution in [3.8, 4) is 5.75 Å². The molecule has 1 atom stereocenters. The van der Waals surface area contributed by atoms with E-state index >= 15 is 0 Å². The van der Waals surface area contributed by atoms with E-state index in [9.17, 15) is 8.42 Å². The Morgan fingerprint density at radius 3 is 2.48 bits per heavy atom. The average molecular weight is 307 g/mol. The molecule has 112 valence electrons. The van der Waals surface area contributed by atoms with Gasteiger partial charge in [-0.05, 0) is 36.8 Å². The van der Waals surface area contributed by atoms with Crippen LogP contribution in [-0.2, 0) is 10.0 Å². The first-order valence-electron chi connectivity index (χ1n) is 6.30. The van der Waals surface area contributed by atoms with Gasteiger partial charge in [-0.2, -0.15) is 0 Å². The van der Waals surface area contributed by atoms with Crippen LogP contribution in [0, 0.1) is 0 Å². The second kappa shape index (κ2) is 6.11. The van der Waals surface area contributed by atoms with Crippen molar-refractivity contribution in [1.29, 1.82) is 0 Å². The molecule has 0 saturated heterocycles. The molecule has 2 rings (SSSR count). The third-order valence-electron chi connectivity index (χ3n) is 3.04. The zero-order valence-electron chi connectivity index (χ0n) is 11.8. The summed E-state index contributed by atoms with van der Waals surface area (Å²) in [6, 6.07) is 7.58. The number of nitrogens with zero attached hydrogens (tertiary/aromatic N) is 1. The fourth-order valence-electron chi connectivity index (χ4n) is 1.91. The molecule has 0 saturated carbocycles. The van der Waals surface area contributed by atoms with Crippen molar-refractivity contribution in [3.05, 3.63) is 48.3 Å². The lowest BCUT2D eigenvalue weighted by Gasteiger charge is -2.15. The molecule has 6 nitrogen and oxygen atoms in total. The minimum absolute atomic E-state index is 0.0317. The first-order valence-corrected chi connectivity index (χ1v) is 7.78. The van der Waals surface area contributed by atoms with Gasteiger partial charge in [0, 0.05) is 24.5 Å². The second-order valence-electron chi connectivity index (χ2n) is 4.53.